The fourth-order valence-corrected chi connectivity index (χ4v) is 3.03. The first-order chi connectivity index (χ1) is 8.90. The molecule has 0 bridgehead atoms. The van der Waals surface area contributed by atoms with Crippen molar-refractivity contribution in [1.82, 2.24) is 15.5 Å². The van der Waals surface area contributed by atoms with Gasteiger partial charge < -0.3 is 9.84 Å². The molecule has 1 aliphatic heterocycles. The Labute approximate surface area is 110 Å². The van der Waals surface area contributed by atoms with E-state index in [0.717, 1.165) is 37.5 Å². The standard InChI is InChI=1S/C13H17N3OS/c1-3-10(14-7-1)5-6-13-15-12(16-17-13)9-11-4-2-8-18-11/h2,4,8,10,14H,1,3,5-7,9H2. The summed E-state index contributed by atoms with van der Waals surface area (Å²) in [4.78, 5) is 5.72. The molecule has 3 heterocycles. The topological polar surface area (TPSA) is 51.0 Å². The van der Waals surface area contributed by atoms with Crippen molar-refractivity contribution in [2.45, 2.75) is 38.1 Å². The van der Waals surface area contributed by atoms with Crippen molar-refractivity contribution in [3.63, 3.8) is 0 Å². The van der Waals surface area contributed by atoms with Crippen molar-refractivity contribution in [2.75, 3.05) is 6.54 Å². The lowest BCUT2D eigenvalue weighted by Crippen LogP contribution is -2.21. The SMILES string of the molecule is c1csc(Cc2noc(CCC3CCCN3)n2)c1. The number of thiophene rings is 1. The maximum Gasteiger partial charge on any atom is 0.226 e. The molecule has 18 heavy (non-hydrogen) atoms. The van der Waals surface area contributed by atoms with Gasteiger partial charge in [-0.25, -0.2) is 0 Å². The molecule has 0 radical (unpaired) electrons. The Morgan fingerprint density at radius 2 is 2.50 bits per heavy atom. The smallest absolute Gasteiger partial charge is 0.226 e. The first kappa shape index (κ1) is 11.9. The summed E-state index contributed by atoms with van der Waals surface area (Å²) in [6.07, 6.45) is 5.33. The summed E-state index contributed by atoms with van der Waals surface area (Å²) in [6.45, 7) is 1.15. The zero-order chi connectivity index (χ0) is 12.2. The maximum absolute atomic E-state index is 5.29. The molecule has 96 valence electrons. The van der Waals surface area contributed by atoms with E-state index < -0.39 is 0 Å². The van der Waals surface area contributed by atoms with Gasteiger partial charge in [-0.3, -0.25) is 0 Å². The Balaban J connectivity index is 1.52. The minimum absolute atomic E-state index is 0.637. The molecule has 1 atom stereocenters. The van der Waals surface area contributed by atoms with Gasteiger partial charge in [0.1, 0.15) is 0 Å². The largest absolute Gasteiger partial charge is 0.339 e. The lowest BCUT2D eigenvalue weighted by molar-refractivity contribution is 0.364. The number of nitrogens with zero attached hydrogens (tertiary/aromatic N) is 2. The highest BCUT2D eigenvalue weighted by molar-refractivity contribution is 7.09. The molecule has 0 spiro atoms. The van der Waals surface area contributed by atoms with Gasteiger partial charge in [-0.15, -0.1) is 11.3 Å². The van der Waals surface area contributed by atoms with Gasteiger partial charge in [0.05, 0.1) is 0 Å². The quantitative estimate of drug-likeness (QED) is 0.900. The van der Waals surface area contributed by atoms with Crippen LogP contribution in [-0.2, 0) is 12.8 Å². The second-order valence-electron chi connectivity index (χ2n) is 4.69. The van der Waals surface area contributed by atoms with E-state index in [9.17, 15) is 0 Å². The molecule has 5 heteroatoms. The van der Waals surface area contributed by atoms with Crippen molar-refractivity contribution in [2.24, 2.45) is 0 Å². The van der Waals surface area contributed by atoms with Crippen molar-refractivity contribution in [1.29, 1.82) is 0 Å². The zero-order valence-corrected chi connectivity index (χ0v) is 11.1. The molecular weight excluding hydrogens is 246 g/mol. The summed E-state index contributed by atoms with van der Waals surface area (Å²) in [7, 11) is 0. The van der Waals surface area contributed by atoms with E-state index in [-0.39, 0.29) is 0 Å². The number of nitrogens with one attached hydrogen (secondary N) is 1. The van der Waals surface area contributed by atoms with E-state index in [4.69, 9.17) is 4.52 Å². The number of hydrogen-bond donors (Lipinski definition) is 1. The minimum atomic E-state index is 0.637. The molecule has 1 aliphatic rings. The summed E-state index contributed by atoms with van der Waals surface area (Å²) in [5, 5.41) is 9.59. The highest BCUT2D eigenvalue weighted by atomic mass is 32.1. The summed E-state index contributed by atoms with van der Waals surface area (Å²) in [6, 6.07) is 4.79. The van der Waals surface area contributed by atoms with E-state index >= 15 is 0 Å². The number of hydrogen-bond acceptors (Lipinski definition) is 5. The van der Waals surface area contributed by atoms with Crippen molar-refractivity contribution in [3.05, 3.63) is 34.1 Å². The second kappa shape index (κ2) is 5.63. The van der Waals surface area contributed by atoms with Crippen LogP contribution in [0.25, 0.3) is 0 Å². The van der Waals surface area contributed by atoms with Crippen LogP contribution in [0.2, 0.25) is 0 Å². The third-order valence-electron chi connectivity index (χ3n) is 3.29. The molecule has 0 saturated carbocycles. The maximum atomic E-state index is 5.29. The van der Waals surface area contributed by atoms with Gasteiger partial charge in [-0.1, -0.05) is 11.2 Å². The Morgan fingerprint density at radius 3 is 3.28 bits per heavy atom. The van der Waals surface area contributed by atoms with Crippen molar-refractivity contribution >= 4 is 11.3 Å². The molecule has 1 saturated heterocycles. The third kappa shape index (κ3) is 2.97. The number of aryl methyl sites for hydroxylation is 1. The van der Waals surface area contributed by atoms with Crippen LogP contribution in [0.4, 0.5) is 0 Å². The van der Waals surface area contributed by atoms with Gasteiger partial charge in [-0.2, -0.15) is 4.98 Å². The first-order valence-corrected chi connectivity index (χ1v) is 7.35. The van der Waals surface area contributed by atoms with Crippen LogP contribution in [0.15, 0.2) is 22.0 Å². The Morgan fingerprint density at radius 1 is 1.50 bits per heavy atom. The van der Waals surface area contributed by atoms with E-state index in [2.05, 4.69) is 26.9 Å². The molecule has 1 fully saturated rings. The van der Waals surface area contributed by atoms with E-state index in [1.807, 2.05) is 6.07 Å². The Hall–Kier alpha value is -1.20. The number of aromatic nitrogens is 2. The normalized spacial score (nSPS) is 19.4. The molecule has 2 aromatic rings. The molecule has 1 N–H and O–H groups in total. The van der Waals surface area contributed by atoms with Crippen LogP contribution >= 0.6 is 11.3 Å². The Bertz CT molecular complexity index is 474. The van der Waals surface area contributed by atoms with Crippen LogP contribution in [0.1, 0.15) is 35.9 Å². The van der Waals surface area contributed by atoms with Gasteiger partial charge in [-0.05, 0) is 37.3 Å². The number of rotatable bonds is 5. The second-order valence-corrected chi connectivity index (χ2v) is 5.72. The molecule has 2 aromatic heterocycles. The average Bonchev–Trinajstić information content (AvgIpc) is 3.09. The molecule has 1 unspecified atom stereocenters. The van der Waals surface area contributed by atoms with E-state index in [1.165, 1.54) is 17.7 Å². The summed E-state index contributed by atoms with van der Waals surface area (Å²) < 4.78 is 5.29. The van der Waals surface area contributed by atoms with E-state index in [1.54, 1.807) is 11.3 Å². The van der Waals surface area contributed by atoms with Crippen molar-refractivity contribution in [3.8, 4) is 0 Å². The minimum Gasteiger partial charge on any atom is -0.339 e. The van der Waals surface area contributed by atoms with Crippen LogP contribution in [0.5, 0.6) is 0 Å². The predicted octanol–water partition coefficient (Wildman–Crippen LogP) is 2.41. The molecule has 4 nitrogen and oxygen atoms in total. The molecule has 0 amide bonds. The molecule has 0 aromatic carbocycles. The average molecular weight is 263 g/mol. The first-order valence-electron chi connectivity index (χ1n) is 6.47. The zero-order valence-electron chi connectivity index (χ0n) is 10.3. The lowest BCUT2D eigenvalue weighted by Gasteiger charge is -2.06. The van der Waals surface area contributed by atoms with Crippen LogP contribution in [-0.4, -0.2) is 22.7 Å². The van der Waals surface area contributed by atoms with Crippen LogP contribution < -0.4 is 5.32 Å². The third-order valence-corrected chi connectivity index (χ3v) is 4.17. The monoisotopic (exact) mass is 263 g/mol. The highest BCUT2D eigenvalue weighted by Crippen LogP contribution is 2.15. The van der Waals surface area contributed by atoms with Gasteiger partial charge >= 0.3 is 0 Å². The van der Waals surface area contributed by atoms with Gasteiger partial charge in [0.15, 0.2) is 5.82 Å². The fourth-order valence-electron chi connectivity index (χ4n) is 2.33. The van der Waals surface area contributed by atoms with Crippen LogP contribution in [0, 0.1) is 0 Å². The van der Waals surface area contributed by atoms with Gasteiger partial charge in [0, 0.05) is 23.8 Å². The fraction of sp³-hybridized carbons (Fsp3) is 0.538. The van der Waals surface area contributed by atoms with Gasteiger partial charge in [0.2, 0.25) is 5.89 Å². The molecule has 3 rings (SSSR count). The van der Waals surface area contributed by atoms with Crippen LogP contribution in [0.3, 0.4) is 0 Å². The highest BCUT2D eigenvalue weighted by Gasteiger charge is 2.15. The lowest BCUT2D eigenvalue weighted by atomic mass is 10.1. The molecular formula is C13H17N3OS. The summed E-state index contributed by atoms with van der Waals surface area (Å²) in [5.41, 5.74) is 0. The predicted molar refractivity (Wildman–Crippen MR) is 70.8 cm³/mol. The summed E-state index contributed by atoms with van der Waals surface area (Å²) in [5.74, 6) is 1.57. The van der Waals surface area contributed by atoms with Crippen molar-refractivity contribution < 1.29 is 4.52 Å². The molecule has 0 aliphatic carbocycles. The Kier molecular flexibility index (Phi) is 3.71. The van der Waals surface area contributed by atoms with Gasteiger partial charge in [0.25, 0.3) is 0 Å². The summed E-state index contributed by atoms with van der Waals surface area (Å²) >= 11 is 1.73. The van der Waals surface area contributed by atoms with E-state index in [0.29, 0.717) is 6.04 Å².